The van der Waals surface area contributed by atoms with Gasteiger partial charge in [-0.05, 0) is 6.26 Å². The molecule has 44 valence electrons. The maximum atomic E-state index is 3.85. The van der Waals surface area contributed by atoms with Gasteiger partial charge in [0.15, 0.2) is 0 Å². The van der Waals surface area contributed by atoms with Crippen LogP contribution in [0.1, 0.15) is 5.01 Å². The molecule has 4 heteroatoms. The zero-order valence-electron chi connectivity index (χ0n) is 4.50. The van der Waals surface area contributed by atoms with E-state index in [2.05, 4.69) is 16.5 Å². The van der Waals surface area contributed by atoms with Crippen molar-refractivity contribution in [3.8, 4) is 0 Å². The van der Waals surface area contributed by atoms with Crippen molar-refractivity contribution in [1.82, 2.24) is 10.2 Å². The summed E-state index contributed by atoms with van der Waals surface area (Å²) in [6.45, 7) is 0. The topological polar surface area (TPSA) is 25.8 Å². The van der Waals surface area contributed by atoms with Gasteiger partial charge >= 0.3 is 0 Å². The minimum Gasteiger partial charge on any atom is -0.158 e. The maximum absolute atomic E-state index is 3.85. The van der Waals surface area contributed by atoms with Crippen LogP contribution in [-0.4, -0.2) is 16.5 Å². The zero-order chi connectivity index (χ0) is 5.82. The van der Waals surface area contributed by atoms with Crippen molar-refractivity contribution in [2.24, 2.45) is 0 Å². The van der Waals surface area contributed by atoms with Crippen LogP contribution in [0.5, 0.6) is 0 Å². The van der Waals surface area contributed by atoms with Crippen LogP contribution in [0.25, 0.3) is 0 Å². The molecule has 0 radical (unpaired) electrons. The van der Waals surface area contributed by atoms with Crippen LogP contribution >= 0.6 is 23.1 Å². The van der Waals surface area contributed by atoms with Crippen molar-refractivity contribution >= 4 is 23.1 Å². The molecule has 0 fully saturated rings. The molecule has 0 aliphatic carbocycles. The molecule has 0 saturated carbocycles. The predicted octanol–water partition coefficient (Wildman–Crippen LogP) is 1.40. The van der Waals surface area contributed by atoms with Gasteiger partial charge in [-0.15, -0.1) is 21.5 Å². The van der Waals surface area contributed by atoms with Crippen LogP contribution in [0.4, 0.5) is 0 Å². The first-order chi connectivity index (χ1) is 3.93. The molecule has 0 aliphatic rings. The van der Waals surface area contributed by atoms with Gasteiger partial charge < -0.3 is 0 Å². The SMILES string of the molecule is CSCc1nncs1. The Hall–Kier alpha value is -0.0900. The molecule has 0 unspecified atom stereocenters. The largest absolute Gasteiger partial charge is 0.158 e. The summed E-state index contributed by atoms with van der Waals surface area (Å²) in [6, 6.07) is 0. The third-order valence-electron chi connectivity index (χ3n) is 0.673. The van der Waals surface area contributed by atoms with E-state index in [4.69, 9.17) is 0 Å². The summed E-state index contributed by atoms with van der Waals surface area (Å²) < 4.78 is 0. The van der Waals surface area contributed by atoms with Gasteiger partial charge in [0.2, 0.25) is 0 Å². The second kappa shape index (κ2) is 3.04. The second-order valence-electron chi connectivity index (χ2n) is 1.27. The third-order valence-corrected chi connectivity index (χ3v) is 2.12. The van der Waals surface area contributed by atoms with Crippen molar-refractivity contribution in [2.75, 3.05) is 6.26 Å². The lowest BCUT2D eigenvalue weighted by molar-refractivity contribution is 1.04. The van der Waals surface area contributed by atoms with Gasteiger partial charge in [0.05, 0.1) is 0 Å². The molecule has 0 atom stereocenters. The molecule has 1 rings (SSSR count). The highest BCUT2D eigenvalue weighted by Crippen LogP contribution is 2.08. The quantitative estimate of drug-likeness (QED) is 0.630. The molecule has 0 spiro atoms. The fourth-order valence-corrected chi connectivity index (χ4v) is 1.62. The Morgan fingerprint density at radius 3 is 3.25 bits per heavy atom. The van der Waals surface area contributed by atoms with E-state index in [-0.39, 0.29) is 0 Å². The van der Waals surface area contributed by atoms with Gasteiger partial charge in [0.25, 0.3) is 0 Å². The third kappa shape index (κ3) is 1.45. The second-order valence-corrected chi connectivity index (χ2v) is 3.05. The van der Waals surface area contributed by atoms with E-state index < -0.39 is 0 Å². The van der Waals surface area contributed by atoms with E-state index in [0.717, 1.165) is 10.8 Å². The van der Waals surface area contributed by atoms with E-state index in [9.17, 15) is 0 Å². The van der Waals surface area contributed by atoms with Gasteiger partial charge in [-0.3, -0.25) is 0 Å². The lowest BCUT2D eigenvalue weighted by Gasteiger charge is -1.82. The standard InChI is InChI=1S/C4H6N2S2/c1-7-2-4-6-5-3-8-4/h3H,2H2,1H3. The Morgan fingerprint density at radius 2 is 2.75 bits per heavy atom. The molecule has 0 N–H and O–H groups in total. The molecule has 1 aromatic rings. The number of thioether (sulfide) groups is 1. The monoisotopic (exact) mass is 146 g/mol. The molecule has 8 heavy (non-hydrogen) atoms. The van der Waals surface area contributed by atoms with Gasteiger partial charge in [-0.2, -0.15) is 11.8 Å². The van der Waals surface area contributed by atoms with Crippen LogP contribution in [0.3, 0.4) is 0 Å². The van der Waals surface area contributed by atoms with Crippen LogP contribution in [-0.2, 0) is 5.75 Å². The molecule has 1 heterocycles. The predicted molar refractivity (Wildman–Crippen MR) is 37.1 cm³/mol. The summed E-state index contributed by atoms with van der Waals surface area (Å²) in [5, 5.41) is 8.66. The van der Waals surface area contributed by atoms with E-state index >= 15 is 0 Å². The number of aromatic nitrogens is 2. The minimum atomic E-state index is 0.991. The number of rotatable bonds is 2. The van der Waals surface area contributed by atoms with Crippen LogP contribution in [0.15, 0.2) is 5.51 Å². The first-order valence-electron chi connectivity index (χ1n) is 2.17. The summed E-state index contributed by atoms with van der Waals surface area (Å²) in [5.74, 6) is 0.991. The Balaban J connectivity index is 2.50. The first kappa shape index (κ1) is 6.04. The molecule has 0 bridgehead atoms. The van der Waals surface area contributed by atoms with Crippen LogP contribution in [0, 0.1) is 0 Å². The van der Waals surface area contributed by atoms with E-state index in [0.29, 0.717) is 0 Å². The molecule has 0 saturated heterocycles. The number of hydrogen-bond donors (Lipinski definition) is 0. The average molecular weight is 146 g/mol. The van der Waals surface area contributed by atoms with Crippen molar-refractivity contribution in [2.45, 2.75) is 5.75 Å². The molecule has 2 nitrogen and oxygen atoms in total. The first-order valence-corrected chi connectivity index (χ1v) is 4.45. The van der Waals surface area contributed by atoms with Gasteiger partial charge in [-0.1, -0.05) is 0 Å². The minimum absolute atomic E-state index is 0.991. The highest BCUT2D eigenvalue weighted by molar-refractivity contribution is 7.97. The fraction of sp³-hybridized carbons (Fsp3) is 0.500. The molecule has 0 aliphatic heterocycles. The van der Waals surface area contributed by atoms with Crippen molar-refractivity contribution < 1.29 is 0 Å². The zero-order valence-corrected chi connectivity index (χ0v) is 6.13. The average Bonchev–Trinajstić information content (AvgIpc) is 2.19. The van der Waals surface area contributed by atoms with Gasteiger partial charge in [0.1, 0.15) is 10.5 Å². The normalized spacial score (nSPS) is 9.62. The Morgan fingerprint density at radius 1 is 1.88 bits per heavy atom. The summed E-state index contributed by atoms with van der Waals surface area (Å²) in [5.41, 5.74) is 1.76. The smallest absolute Gasteiger partial charge is 0.127 e. The fourth-order valence-electron chi connectivity index (χ4n) is 0.382. The lowest BCUT2D eigenvalue weighted by atomic mass is 10.9. The summed E-state index contributed by atoms with van der Waals surface area (Å²) in [7, 11) is 0. The van der Waals surface area contributed by atoms with Gasteiger partial charge in [0, 0.05) is 5.75 Å². The summed E-state index contributed by atoms with van der Waals surface area (Å²) in [4.78, 5) is 0. The molecular formula is C4H6N2S2. The Bertz CT molecular complexity index is 138. The van der Waals surface area contributed by atoms with Crippen molar-refractivity contribution in [3.05, 3.63) is 10.5 Å². The maximum Gasteiger partial charge on any atom is 0.127 e. The Kier molecular flexibility index (Phi) is 2.29. The highest BCUT2D eigenvalue weighted by Gasteiger charge is 1.90. The van der Waals surface area contributed by atoms with Gasteiger partial charge in [-0.25, -0.2) is 0 Å². The van der Waals surface area contributed by atoms with Crippen LogP contribution < -0.4 is 0 Å². The van der Waals surface area contributed by atoms with E-state index in [1.807, 2.05) is 0 Å². The number of nitrogens with zero attached hydrogens (tertiary/aromatic N) is 2. The van der Waals surface area contributed by atoms with Crippen LogP contribution in [0.2, 0.25) is 0 Å². The Labute approximate surface area is 56.3 Å². The van der Waals surface area contributed by atoms with E-state index in [1.165, 1.54) is 0 Å². The lowest BCUT2D eigenvalue weighted by Crippen LogP contribution is -1.75. The molecule has 0 amide bonds. The van der Waals surface area contributed by atoms with E-state index in [1.54, 1.807) is 28.6 Å². The molecule has 0 aromatic carbocycles. The van der Waals surface area contributed by atoms with Crippen molar-refractivity contribution in [1.29, 1.82) is 0 Å². The number of hydrogen-bond acceptors (Lipinski definition) is 4. The highest BCUT2D eigenvalue weighted by atomic mass is 32.2. The molecular weight excluding hydrogens is 140 g/mol. The van der Waals surface area contributed by atoms with Crippen molar-refractivity contribution in [3.63, 3.8) is 0 Å². The summed E-state index contributed by atoms with van der Waals surface area (Å²) >= 11 is 3.37. The molecule has 1 aromatic heterocycles. The summed E-state index contributed by atoms with van der Waals surface area (Å²) in [6.07, 6.45) is 2.06.